The maximum atomic E-state index is 11.7. The summed E-state index contributed by atoms with van der Waals surface area (Å²) in [7, 11) is 3.34. The van der Waals surface area contributed by atoms with E-state index in [2.05, 4.69) is 27.7 Å². The molecule has 0 spiro atoms. The van der Waals surface area contributed by atoms with E-state index >= 15 is 0 Å². The van der Waals surface area contributed by atoms with Gasteiger partial charge in [0.1, 0.15) is 5.75 Å². The molecule has 0 saturated carbocycles. The van der Waals surface area contributed by atoms with E-state index in [0.29, 0.717) is 25.6 Å². The fourth-order valence-electron chi connectivity index (χ4n) is 2.76. The van der Waals surface area contributed by atoms with Crippen LogP contribution in [0.15, 0.2) is 24.3 Å². The lowest BCUT2D eigenvalue weighted by molar-refractivity contribution is 0.193. The first-order valence-electron chi connectivity index (χ1n) is 8.12. The van der Waals surface area contributed by atoms with Crippen molar-refractivity contribution in [1.29, 1.82) is 0 Å². The number of ether oxygens (including phenoxy) is 2. The molecule has 1 aromatic carbocycles. The van der Waals surface area contributed by atoms with Crippen molar-refractivity contribution >= 4 is 11.7 Å². The Labute approximate surface area is 138 Å². The van der Waals surface area contributed by atoms with Gasteiger partial charge in [0, 0.05) is 51.6 Å². The minimum absolute atomic E-state index is 0.0964. The summed E-state index contributed by atoms with van der Waals surface area (Å²) in [5, 5.41) is 5.79. The number of benzene rings is 1. The van der Waals surface area contributed by atoms with Gasteiger partial charge in [0.25, 0.3) is 0 Å². The molecular formula is C17H27N3O3. The van der Waals surface area contributed by atoms with Crippen molar-refractivity contribution in [3.8, 4) is 5.75 Å². The molecule has 23 heavy (non-hydrogen) atoms. The fourth-order valence-corrected chi connectivity index (χ4v) is 2.76. The molecule has 6 nitrogen and oxygen atoms in total. The average molecular weight is 321 g/mol. The van der Waals surface area contributed by atoms with Gasteiger partial charge in [-0.05, 0) is 30.9 Å². The molecular weight excluding hydrogens is 294 g/mol. The number of amides is 2. The fraction of sp³-hybridized carbons (Fsp3) is 0.588. The first-order chi connectivity index (χ1) is 11.2. The van der Waals surface area contributed by atoms with Crippen molar-refractivity contribution in [3.05, 3.63) is 24.3 Å². The molecule has 0 bridgehead atoms. The van der Waals surface area contributed by atoms with Crippen LogP contribution in [0.1, 0.15) is 12.8 Å². The molecule has 1 aliphatic heterocycles. The molecule has 2 rings (SSSR count). The molecule has 1 aromatic rings. The molecule has 6 heteroatoms. The van der Waals surface area contributed by atoms with Crippen LogP contribution in [-0.2, 0) is 4.74 Å². The van der Waals surface area contributed by atoms with Gasteiger partial charge in [0.2, 0.25) is 0 Å². The molecule has 1 saturated heterocycles. The predicted molar refractivity (Wildman–Crippen MR) is 91.2 cm³/mol. The summed E-state index contributed by atoms with van der Waals surface area (Å²) < 4.78 is 10.2. The van der Waals surface area contributed by atoms with Crippen LogP contribution in [0.3, 0.4) is 0 Å². The van der Waals surface area contributed by atoms with E-state index in [-0.39, 0.29) is 6.03 Å². The number of carbonyl (C=O) groups is 1. The van der Waals surface area contributed by atoms with Gasteiger partial charge < -0.3 is 25.0 Å². The summed E-state index contributed by atoms with van der Waals surface area (Å²) in [6.07, 6.45) is 1.91. The molecule has 2 amide bonds. The van der Waals surface area contributed by atoms with Gasteiger partial charge in [0.05, 0.1) is 7.11 Å². The second-order valence-corrected chi connectivity index (χ2v) is 5.79. The lowest BCUT2D eigenvalue weighted by Crippen LogP contribution is -2.39. The van der Waals surface area contributed by atoms with Crippen molar-refractivity contribution in [1.82, 2.24) is 10.6 Å². The standard InChI is InChI=1S/C17H27N3O3/c1-22-10-4-8-18-17(21)19-12-14-7-9-20(13-14)15-5-3-6-16(11-15)23-2/h3,5-6,11,14H,4,7-10,12-13H2,1-2H3,(H2,18,19,21). The lowest BCUT2D eigenvalue weighted by Gasteiger charge is -2.19. The highest BCUT2D eigenvalue weighted by atomic mass is 16.5. The van der Waals surface area contributed by atoms with Crippen LogP contribution >= 0.6 is 0 Å². The molecule has 128 valence electrons. The zero-order chi connectivity index (χ0) is 16.5. The maximum absolute atomic E-state index is 11.7. The van der Waals surface area contributed by atoms with E-state index in [0.717, 1.165) is 31.7 Å². The van der Waals surface area contributed by atoms with E-state index < -0.39 is 0 Å². The van der Waals surface area contributed by atoms with Gasteiger partial charge in [-0.3, -0.25) is 0 Å². The van der Waals surface area contributed by atoms with Crippen LogP contribution in [0.2, 0.25) is 0 Å². The van der Waals surface area contributed by atoms with Crippen LogP contribution in [0.4, 0.5) is 10.5 Å². The predicted octanol–water partition coefficient (Wildman–Crippen LogP) is 1.86. The Bertz CT molecular complexity index is 496. The van der Waals surface area contributed by atoms with Gasteiger partial charge in [-0.15, -0.1) is 0 Å². The smallest absolute Gasteiger partial charge is 0.314 e. The summed E-state index contributed by atoms with van der Waals surface area (Å²) in [5.41, 5.74) is 1.18. The molecule has 1 atom stereocenters. The Morgan fingerprint density at radius 2 is 2.22 bits per heavy atom. The van der Waals surface area contributed by atoms with Crippen molar-refractivity contribution in [3.63, 3.8) is 0 Å². The van der Waals surface area contributed by atoms with Crippen LogP contribution in [0.5, 0.6) is 5.75 Å². The first kappa shape index (κ1) is 17.4. The number of nitrogens with zero attached hydrogens (tertiary/aromatic N) is 1. The third-order valence-electron chi connectivity index (χ3n) is 4.07. The van der Waals surface area contributed by atoms with Crippen molar-refractivity contribution in [2.45, 2.75) is 12.8 Å². The monoisotopic (exact) mass is 321 g/mol. The Kier molecular flexibility index (Phi) is 7.00. The van der Waals surface area contributed by atoms with Gasteiger partial charge in [-0.25, -0.2) is 4.79 Å². The summed E-state index contributed by atoms with van der Waals surface area (Å²) in [4.78, 5) is 14.0. The molecule has 0 aromatic heterocycles. The zero-order valence-electron chi connectivity index (χ0n) is 14.0. The SMILES string of the molecule is COCCCNC(=O)NCC1CCN(c2cccc(OC)c2)C1. The minimum Gasteiger partial charge on any atom is -0.497 e. The second kappa shape index (κ2) is 9.25. The molecule has 1 heterocycles. The maximum Gasteiger partial charge on any atom is 0.314 e. The van der Waals surface area contributed by atoms with Gasteiger partial charge in [-0.1, -0.05) is 6.07 Å². The largest absolute Gasteiger partial charge is 0.497 e. The molecule has 0 aliphatic carbocycles. The Morgan fingerprint density at radius 1 is 1.35 bits per heavy atom. The lowest BCUT2D eigenvalue weighted by atomic mass is 10.1. The Morgan fingerprint density at radius 3 is 3.00 bits per heavy atom. The van der Waals surface area contributed by atoms with E-state index in [1.807, 2.05) is 12.1 Å². The third-order valence-corrected chi connectivity index (χ3v) is 4.07. The second-order valence-electron chi connectivity index (χ2n) is 5.79. The molecule has 1 aliphatic rings. The highest BCUT2D eigenvalue weighted by molar-refractivity contribution is 5.73. The minimum atomic E-state index is -0.0964. The molecule has 1 unspecified atom stereocenters. The van der Waals surface area contributed by atoms with Crippen molar-refractivity contribution in [2.24, 2.45) is 5.92 Å². The Hall–Kier alpha value is -1.95. The number of nitrogens with one attached hydrogen (secondary N) is 2. The molecule has 1 fully saturated rings. The van der Waals surface area contributed by atoms with Crippen LogP contribution in [-0.4, -0.2) is 53.0 Å². The zero-order valence-corrected chi connectivity index (χ0v) is 14.0. The summed E-state index contributed by atoms with van der Waals surface area (Å²) >= 11 is 0. The number of urea groups is 1. The normalized spacial score (nSPS) is 17.1. The number of rotatable bonds is 8. The van der Waals surface area contributed by atoms with Crippen LogP contribution < -0.4 is 20.3 Å². The first-order valence-corrected chi connectivity index (χ1v) is 8.12. The third kappa shape index (κ3) is 5.63. The summed E-state index contributed by atoms with van der Waals surface area (Å²) in [6, 6.07) is 8.01. The number of hydrogen-bond acceptors (Lipinski definition) is 4. The summed E-state index contributed by atoms with van der Waals surface area (Å²) in [6.45, 7) is 3.97. The van der Waals surface area contributed by atoms with Gasteiger partial charge in [-0.2, -0.15) is 0 Å². The highest BCUT2D eigenvalue weighted by Crippen LogP contribution is 2.26. The topological polar surface area (TPSA) is 62.8 Å². The molecule has 0 radical (unpaired) electrons. The van der Waals surface area contributed by atoms with Crippen LogP contribution in [0, 0.1) is 5.92 Å². The van der Waals surface area contributed by atoms with Crippen molar-refractivity contribution < 1.29 is 14.3 Å². The van der Waals surface area contributed by atoms with Gasteiger partial charge in [0.15, 0.2) is 0 Å². The molecule has 2 N–H and O–H groups in total. The number of methoxy groups -OCH3 is 2. The van der Waals surface area contributed by atoms with E-state index in [4.69, 9.17) is 9.47 Å². The van der Waals surface area contributed by atoms with E-state index in [9.17, 15) is 4.79 Å². The van der Waals surface area contributed by atoms with E-state index in [1.54, 1.807) is 14.2 Å². The van der Waals surface area contributed by atoms with Crippen molar-refractivity contribution in [2.75, 3.05) is 51.9 Å². The average Bonchev–Trinajstić information content (AvgIpc) is 3.06. The highest BCUT2D eigenvalue weighted by Gasteiger charge is 2.23. The Balaban J connectivity index is 1.70. The summed E-state index contributed by atoms with van der Waals surface area (Å²) in [5.74, 6) is 1.35. The van der Waals surface area contributed by atoms with Crippen LogP contribution in [0.25, 0.3) is 0 Å². The van der Waals surface area contributed by atoms with Gasteiger partial charge >= 0.3 is 6.03 Å². The number of anilines is 1. The quantitative estimate of drug-likeness (QED) is 0.718. The van der Waals surface area contributed by atoms with E-state index in [1.165, 1.54) is 5.69 Å². The number of carbonyl (C=O) groups excluding carboxylic acids is 1. The number of hydrogen-bond donors (Lipinski definition) is 2.